The summed E-state index contributed by atoms with van der Waals surface area (Å²) >= 11 is 0. The Balaban J connectivity index is 1.62. The van der Waals surface area contributed by atoms with Gasteiger partial charge in [0.2, 0.25) is 10.0 Å². The normalized spacial score (nSPS) is 15.2. The van der Waals surface area contributed by atoms with E-state index in [2.05, 4.69) is 9.88 Å². The molecule has 0 atom stereocenters. The van der Waals surface area contributed by atoms with Crippen LogP contribution < -0.4 is 13.8 Å². The Morgan fingerprint density at radius 3 is 2.32 bits per heavy atom. The Morgan fingerprint density at radius 2 is 1.73 bits per heavy atom. The number of aliphatic imine (C=N–C) groups is 1. The van der Waals surface area contributed by atoms with E-state index in [0.29, 0.717) is 59.2 Å². The minimum atomic E-state index is -3.43. The van der Waals surface area contributed by atoms with E-state index in [1.807, 2.05) is 13.0 Å². The van der Waals surface area contributed by atoms with Crippen LogP contribution in [0.5, 0.6) is 17.4 Å². The lowest BCUT2D eigenvalue weighted by molar-refractivity contribution is 0.235. The number of nitrogens with one attached hydrogen (secondary N) is 1. The number of benzene rings is 2. The van der Waals surface area contributed by atoms with Gasteiger partial charge >= 0.3 is 0 Å². The van der Waals surface area contributed by atoms with Crippen LogP contribution in [0.2, 0.25) is 0 Å². The number of likely N-dealkylation sites (tertiary alicyclic amines) is 1. The molecule has 0 unspecified atom stereocenters. The van der Waals surface area contributed by atoms with E-state index in [1.54, 1.807) is 44.6 Å². The first-order chi connectivity index (χ1) is 17.7. The molecule has 0 spiro atoms. The maximum atomic E-state index is 12.6. The zero-order valence-electron chi connectivity index (χ0n) is 22.0. The van der Waals surface area contributed by atoms with Crippen LogP contribution in [0.1, 0.15) is 38.2 Å². The quantitative estimate of drug-likeness (QED) is 0.370. The van der Waals surface area contributed by atoms with Crippen molar-refractivity contribution >= 4 is 38.0 Å². The van der Waals surface area contributed by atoms with Gasteiger partial charge in [0.25, 0.3) is 0 Å². The van der Waals surface area contributed by atoms with Gasteiger partial charge in [0, 0.05) is 24.5 Å². The highest BCUT2D eigenvalue weighted by atomic mass is 32.2. The number of aromatic nitrogens is 1. The van der Waals surface area contributed by atoms with Gasteiger partial charge in [0.15, 0.2) is 17.4 Å². The fourth-order valence-corrected chi connectivity index (χ4v) is 5.78. The second-order valence-electron chi connectivity index (χ2n) is 9.27. The van der Waals surface area contributed by atoms with E-state index < -0.39 is 10.0 Å². The molecule has 1 aliphatic rings. The van der Waals surface area contributed by atoms with Crippen LogP contribution in [-0.2, 0) is 10.0 Å². The summed E-state index contributed by atoms with van der Waals surface area (Å²) in [7, 11) is -0.294. The highest BCUT2D eigenvalue weighted by Gasteiger charge is 2.21. The number of aromatic amines is 1. The van der Waals surface area contributed by atoms with Crippen molar-refractivity contribution in [3.63, 3.8) is 0 Å². The van der Waals surface area contributed by atoms with Gasteiger partial charge in [0.1, 0.15) is 0 Å². The standard InChI is InChI=1S/C27H36N4O5S/c1-5-22(26-21-17-24(35-2)25(36-3)18-23(21)29-27(26)32)28-19-9-11-20(12-10-19)31(37(4,33)34)16-15-30-13-7-6-8-14-30/h9-12,17-18,29,32H,5-8,13-16H2,1-4H3. The predicted molar refractivity (Wildman–Crippen MR) is 148 cm³/mol. The maximum absolute atomic E-state index is 12.6. The molecule has 200 valence electrons. The molecule has 1 aliphatic heterocycles. The molecule has 0 radical (unpaired) electrons. The van der Waals surface area contributed by atoms with Crippen molar-refractivity contribution in [2.75, 3.05) is 51.0 Å². The van der Waals surface area contributed by atoms with E-state index in [9.17, 15) is 13.5 Å². The second-order valence-corrected chi connectivity index (χ2v) is 11.2. The molecule has 4 rings (SSSR count). The lowest BCUT2D eigenvalue weighted by Crippen LogP contribution is -2.40. The van der Waals surface area contributed by atoms with E-state index in [1.165, 1.54) is 17.0 Å². The van der Waals surface area contributed by atoms with Crippen molar-refractivity contribution < 1.29 is 23.0 Å². The van der Waals surface area contributed by atoms with Gasteiger partial charge in [-0.05, 0) is 62.7 Å². The zero-order chi connectivity index (χ0) is 26.6. The smallest absolute Gasteiger partial charge is 0.232 e. The largest absolute Gasteiger partial charge is 0.494 e. The fraction of sp³-hybridized carbons (Fsp3) is 0.444. The molecule has 10 heteroatoms. The van der Waals surface area contributed by atoms with Crippen LogP contribution in [0.3, 0.4) is 0 Å². The van der Waals surface area contributed by atoms with Gasteiger partial charge in [-0.15, -0.1) is 0 Å². The number of methoxy groups -OCH3 is 2. The summed E-state index contributed by atoms with van der Waals surface area (Å²) in [6.45, 7) is 5.13. The number of hydrogen-bond donors (Lipinski definition) is 2. The summed E-state index contributed by atoms with van der Waals surface area (Å²) in [5, 5.41) is 11.5. The van der Waals surface area contributed by atoms with Crippen LogP contribution in [-0.4, -0.2) is 75.8 Å². The number of anilines is 1. The molecule has 37 heavy (non-hydrogen) atoms. The molecule has 3 aromatic rings. The topological polar surface area (TPSA) is 107 Å². The summed E-state index contributed by atoms with van der Waals surface area (Å²) in [4.78, 5) is 10.1. The van der Waals surface area contributed by atoms with E-state index in [4.69, 9.17) is 14.5 Å². The van der Waals surface area contributed by atoms with Gasteiger partial charge in [-0.1, -0.05) is 13.3 Å². The molecule has 0 amide bonds. The van der Waals surface area contributed by atoms with Crippen LogP contribution in [0.4, 0.5) is 11.4 Å². The van der Waals surface area contributed by atoms with Gasteiger partial charge < -0.3 is 24.5 Å². The number of fused-ring (bicyclic) bond motifs is 1. The van der Waals surface area contributed by atoms with Gasteiger partial charge in [-0.2, -0.15) is 0 Å². The molecule has 0 saturated carbocycles. The zero-order valence-corrected chi connectivity index (χ0v) is 22.8. The number of sulfonamides is 1. The minimum absolute atomic E-state index is 0.0171. The second kappa shape index (κ2) is 11.4. The SMILES string of the molecule is CCC(=Nc1ccc(N(CCN2CCCCC2)S(C)(=O)=O)cc1)c1c(O)[nH]c2cc(OC)c(OC)cc12. The molecule has 2 N–H and O–H groups in total. The first-order valence-electron chi connectivity index (χ1n) is 12.6. The van der Waals surface area contributed by atoms with Gasteiger partial charge in [-0.25, -0.2) is 8.42 Å². The molecule has 0 aliphatic carbocycles. The number of rotatable bonds is 10. The van der Waals surface area contributed by atoms with Gasteiger partial charge in [0.05, 0.1) is 48.6 Å². The first kappa shape index (κ1) is 26.8. The third-order valence-corrected chi connectivity index (χ3v) is 7.97. The van der Waals surface area contributed by atoms with E-state index in [0.717, 1.165) is 31.3 Å². The highest BCUT2D eigenvalue weighted by Crippen LogP contribution is 2.38. The Bertz CT molecular complexity index is 1360. The summed E-state index contributed by atoms with van der Waals surface area (Å²) in [6.07, 6.45) is 5.39. The third kappa shape index (κ3) is 6.02. The fourth-order valence-electron chi connectivity index (χ4n) is 4.86. The number of nitrogens with zero attached hydrogens (tertiary/aromatic N) is 3. The maximum Gasteiger partial charge on any atom is 0.232 e. The third-order valence-electron chi connectivity index (χ3n) is 6.78. The van der Waals surface area contributed by atoms with Crippen molar-refractivity contribution in [3.8, 4) is 17.4 Å². The summed E-state index contributed by atoms with van der Waals surface area (Å²) < 4.78 is 37.4. The highest BCUT2D eigenvalue weighted by molar-refractivity contribution is 7.92. The monoisotopic (exact) mass is 528 g/mol. The summed E-state index contributed by atoms with van der Waals surface area (Å²) in [6, 6.07) is 10.8. The van der Waals surface area contributed by atoms with Crippen molar-refractivity contribution in [1.82, 2.24) is 9.88 Å². The Morgan fingerprint density at radius 1 is 1.08 bits per heavy atom. The van der Waals surface area contributed by atoms with Crippen molar-refractivity contribution in [2.45, 2.75) is 32.6 Å². The lowest BCUT2D eigenvalue weighted by Gasteiger charge is -2.30. The summed E-state index contributed by atoms with van der Waals surface area (Å²) in [5.41, 5.74) is 3.28. The van der Waals surface area contributed by atoms with Crippen molar-refractivity contribution in [2.24, 2.45) is 4.99 Å². The number of ether oxygens (including phenoxy) is 2. The summed E-state index contributed by atoms with van der Waals surface area (Å²) in [5.74, 6) is 1.13. The van der Waals surface area contributed by atoms with Crippen LogP contribution in [0, 0.1) is 0 Å². The minimum Gasteiger partial charge on any atom is -0.494 e. The average Bonchev–Trinajstić information content (AvgIpc) is 3.21. The lowest BCUT2D eigenvalue weighted by atomic mass is 10.1. The van der Waals surface area contributed by atoms with Crippen LogP contribution in [0.25, 0.3) is 10.9 Å². The number of H-pyrrole nitrogens is 1. The average molecular weight is 529 g/mol. The van der Waals surface area contributed by atoms with Gasteiger partial charge in [-0.3, -0.25) is 9.30 Å². The molecular formula is C27H36N4O5S. The van der Waals surface area contributed by atoms with Crippen molar-refractivity contribution in [3.05, 3.63) is 42.0 Å². The Kier molecular flexibility index (Phi) is 8.29. The molecule has 0 bridgehead atoms. The first-order valence-corrected chi connectivity index (χ1v) is 14.4. The molecular weight excluding hydrogens is 492 g/mol. The Hall–Kier alpha value is -3.24. The molecule has 1 saturated heterocycles. The molecule has 1 aromatic heterocycles. The molecule has 1 fully saturated rings. The molecule has 2 heterocycles. The molecule has 2 aromatic carbocycles. The van der Waals surface area contributed by atoms with E-state index >= 15 is 0 Å². The van der Waals surface area contributed by atoms with Crippen LogP contribution >= 0.6 is 0 Å². The van der Waals surface area contributed by atoms with Crippen LogP contribution in [0.15, 0.2) is 41.4 Å². The van der Waals surface area contributed by atoms with Crippen molar-refractivity contribution in [1.29, 1.82) is 0 Å². The Labute approximate surface area is 218 Å². The molecule has 9 nitrogen and oxygen atoms in total. The number of hydrogen-bond acceptors (Lipinski definition) is 7. The predicted octanol–water partition coefficient (Wildman–Crippen LogP) is 4.67. The number of piperidine rings is 1. The van der Waals surface area contributed by atoms with E-state index in [-0.39, 0.29) is 5.88 Å². The number of aromatic hydroxyl groups is 1.